The number of nitrogens with zero attached hydrogens (tertiary/aromatic N) is 1. The highest BCUT2D eigenvalue weighted by Crippen LogP contribution is 2.21. The fourth-order valence-electron chi connectivity index (χ4n) is 1.78. The molecule has 1 amide bonds. The van der Waals surface area contributed by atoms with Crippen molar-refractivity contribution >= 4 is 29.2 Å². The molecular weight excluding hydrogens is 287 g/mol. The van der Waals surface area contributed by atoms with Crippen LogP contribution < -0.4 is 5.43 Å². The van der Waals surface area contributed by atoms with Crippen molar-refractivity contribution < 1.29 is 18.7 Å². The first-order valence-electron chi connectivity index (χ1n) is 5.78. The molecule has 1 unspecified atom stereocenters. The summed E-state index contributed by atoms with van der Waals surface area (Å²) in [4.78, 5) is 22.7. The Bertz CT molecular complexity index is 639. The van der Waals surface area contributed by atoms with Crippen molar-refractivity contribution in [3.05, 3.63) is 40.2 Å². The lowest BCUT2D eigenvalue weighted by atomic mass is 9.97. The van der Waals surface area contributed by atoms with Gasteiger partial charge in [0.2, 0.25) is 0 Å². The predicted molar refractivity (Wildman–Crippen MR) is 70.7 cm³/mol. The number of halogens is 2. The van der Waals surface area contributed by atoms with E-state index < -0.39 is 17.8 Å². The van der Waals surface area contributed by atoms with Crippen molar-refractivity contribution in [1.82, 2.24) is 5.43 Å². The molecule has 0 saturated carbocycles. The summed E-state index contributed by atoms with van der Waals surface area (Å²) in [6.07, 6.45) is -1.09. The van der Waals surface area contributed by atoms with Gasteiger partial charge in [-0.2, -0.15) is 5.10 Å². The van der Waals surface area contributed by atoms with Gasteiger partial charge in [-0.1, -0.05) is 11.6 Å². The van der Waals surface area contributed by atoms with Gasteiger partial charge in [0, 0.05) is 12.2 Å². The minimum absolute atomic E-state index is 0.0433. The lowest BCUT2D eigenvalue weighted by Crippen LogP contribution is -2.43. The van der Waals surface area contributed by atoms with Crippen LogP contribution in [0, 0.1) is 5.82 Å². The first-order chi connectivity index (χ1) is 9.58. The van der Waals surface area contributed by atoms with Crippen molar-refractivity contribution in [2.24, 2.45) is 5.10 Å². The smallest absolute Gasteiger partial charge is 0.274 e. The SMILES string of the molecule is CCOC1C(=O)NN=C(c2ccc(F)c(Cl)c2)C1=C=O. The number of rotatable bonds is 3. The fraction of sp³-hybridized carbons (Fsp3) is 0.231. The van der Waals surface area contributed by atoms with Gasteiger partial charge in [-0.15, -0.1) is 0 Å². The minimum atomic E-state index is -1.09. The molecule has 5 nitrogen and oxygen atoms in total. The molecule has 1 aliphatic heterocycles. The van der Waals surface area contributed by atoms with Crippen molar-refractivity contribution in [1.29, 1.82) is 0 Å². The van der Waals surface area contributed by atoms with Crippen LogP contribution in [-0.4, -0.2) is 30.3 Å². The summed E-state index contributed by atoms with van der Waals surface area (Å²) in [5.41, 5.74) is 2.75. The molecule has 0 fully saturated rings. The standard InChI is InChI=1S/C13H10ClFN2O3/c1-2-20-12-8(6-18)11(16-17-13(12)19)7-3-4-10(15)9(14)5-7/h3-5,12H,2H2,1H3,(H,17,19). The first kappa shape index (κ1) is 14.4. The molecule has 0 spiro atoms. The summed E-state index contributed by atoms with van der Waals surface area (Å²) in [7, 11) is 0. The van der Waals surface area contributed by atoms with Crippen LogP contribution in [0.1, 0.15) is 12.5 Å². The Labute approximate surface area is 119 Å². The van der Waals surface area contributed by atoms with E-state index in [1.807, 2.05) is 0 Å². The Balaban J connectivity index is 2.47. The van der Waals surface area contributed by atoms with Crippen LogP contribution in [0.15, 0.2) is 28.9 Å². The Morgan fingerprint density at radius 3 is 2.90 bits per heavy atom. The summed E-state index contributed by atoms with van der Waals surface area (Å²) in [5, 5.41) is 3.68. The van der Waals surface area contributed by atoms with Crippen LogP contribution in [0.25, 0.3) is 0 Å². The normalized spacial score (nSPS) is 18.4. The third-order valence-electron chi connectivity index (χ3n) is 2.67. The Morgan fingerprint density at radius 1 is 1.55 bits per heavy atom. The summed E-state index contributed by atoms with van der Waals surface area (Å²) in [6.45, 7) is 1.93. The molecule has 1 aromatic rings. The average molecular weight is 297 g/mol. The lowest BCUT2D eigenvalue weighted by Gasteiger charge is -2.22. The van der Waals surface area contributed by atoms with E-state index in [-0.39, 0.29) is 22.9 Å². The molecule has 2 rings (SSSR count). The van der Waals surface area contributed by atoms with Crippen molar-refractivity contribution in [2.75, 3.05) is 6.61 Å². The van der Waals surface area contributed by atoms with E-state index in [4.69, 9.17) is 16.3 Å². The van der Waals surface area contributed by atoms with E-state index >= 15 is 0 Å². The molecule has 0 bridgehead atoms. The van der Waals surface area contributed by atoms with Crippen LogP contribution in [0.2, 0.25) is 5.02 Å². The first-order valence-corrected chi connectivity index (χ1v) is 6.16. The van der Waals surface area contributed by atoms with Crippen molar-refractivity contribution in [3.8, 4) is 0 Å². The largest absolute Gasteiger partial charge is 0.363 e. The molecular formula is C13H10ClFN2O3. The van der Waals surface area contributed by atoms with Crippen molar-refractivity contribution in [2.45, 2.75) is 13.0 Å². The highest BCUT2D eigenvalue weighted by Gasteiger charge is 2.33. The Kier molecular flexibility index (Phi) is 4.29. The van der Waals surface area contributed by atoms with E-state index in [9.17, 15) is 14.0 Å². The molecule has 1 aromatic carbocycles. The second-order valence-corrected chi connectivity index (χ2v) is 4.32. The number of ether oxygens (including phenoxy) is 1. The predicted octanol–water partition coefficient (Wildman–Crippen LogP) is 1.48. The maximum Gasteiger partial charge on any atom is 0.274 e. The monoisotopic (exact) mass is 296 g/mol. The minimum Gasteiger partial charge on any atom is -0.363 e. The van der Waals surface area contributed by atoms with Gasteiger partial charge < -0.3 is 4.74 Å². The van der Waals surface area contributed by atoms with Gasteiger partial charge >= 0.3 is 0 Å². The number of amides is 1. The Morgan fingerprint density at radius 2 is 2.30 bits per heavy atom. The molecule has 20 heavy (non-hydrogen) atoms. The van der Waals surface area contributed by atoms with Crippen LogP contribution in [-0.2, 0) is 14.3 Å². The van der Waals surface area contributed by atoms with Crippen LogP contribution in [0.4, 0.5) is 4.39 Å². The van der Waals surface area contributed by atoms with Gasteiger partial charge in [-0.3, -0.25) is 4.79 Å². The Hall–Kier alpha value is -2.01. The second-order valence-electron chi connectivity index (χ2n) is 3.92. The number of carbonyl (C=O) groups is 1. The number of benzene rings is 1. The number of hydrogen-bond donors (Lipinski definition) is 1. The van der Waals surface area contributed by atoms with Gasteiger partial charge in [0.15, 0.2) is 6.10 Å². The fourth-order valence-corrected chi connectivity index (χ4v) is 1.96. The van der Waals surface area contributed by atoms with Gasteiger partial charge in [-0.05, 0) is 25.1 Å². The second kappa shape index (κ2) is 5.96. The molecule has 0 aliphatic carbocycles. The molecule has 1 N–H and O–H groups in total. The molecule has 1 aliphatic rings. The summed E-state index contributed by atoms with van der Waals surface area (Å²) in [6, 6.07) is 3.86. The number of nitrogens with one attached hydrogen (secondary N) is 1. The maximum atomic E-state index is 13.2. The lowest BCUT2D eigenvalue weighted by molar-refractivity contribution is -0.130. The van der Waals surface area contributed by atoms with Gasteiger partial charge in [-0.25, -0.2) is 14.6 Å². The van der Waals surface area contributed by atoms with Crippen LogP contribution in [0.3, 0.4) is 0 Å². The van der Waals surface area contributed by atoms with Crippen LogP contribution in [0.5, 0.6) is 0 Å². The summed E-state index contributed by atoms with van der Waals surface area (Å²) in [5.74, 6) is 0.523. The van der Waals surface area contributed by atoms with E-state index in [1.54, 1.807) is 12.9 Å². The average Bonchev–Trinajstić information content (AvgIpc) is 2.44. The van der Waals surface area contributed by atoms with E-state index in [2.05, 4.69) is 10.5 Å². The highest BCUT2D eigenvalue weighted by atomic mass is 35.5. The molecule has 0 radical (unpaired) electrons. The maximum absolute atomic E-state index is 13.2. The number of carbonyl (C=O) groups excluding carboxylic acids is 2. The van der Waals surface area contributed by atoms with Crippen LogP contribution >= 0.6 is 11.6 Å². The van der Waals surface area contributed by atoms with Crippen molar-refractivity contribution in [3.63, 3.8) is 0 Å². The third kappa shape index (κ3) is 2.63. The quantitative estimate of drug-likeness (QED) is 0.859. The van der Waals surface area contributed by atoms with Gasteiger partial charge in [0.1, 0.15) is 23.0 Å². The highest BCUT2D eigenvalue weighted by molar-refractivity contribution is 6.31. The number of hydrazone groups is 1. The zero-order chi connectivity index (χ0) is 14.7. The summed E-state index contributed by atoms with van der Waals surface area (Å²) < 4.78 is 18.4. The van der Waals surface area contributed by atoms with E-state index in [0.29, 0.717) is 5.56 Å². The van der Waals surface area contributed by atoms with Gasteiger partial charge in [0.05, 0.1) is 5.02 Å². The topological polar surface area (TPSA) is 67.8 Å². The molecule has 0 aromatic heterocycles. The molecule has 0 saturated heterocycles. The zero-order valence-electron chi connectivity index (χ0n) is 10.4. The third-order valence-corrected chi connectivity index (χ3v) is 2.96. The molecule has 1 atom stereocenters. The van der Waals surface area contributed by atoms with E-state index in [0.717, 1.165) is 6.07 Å². The van der Waals surface area contributed by atoms with E-state index in [1.165, 1.54) is 12.1 Å². The summed E-state index contributed by atoms with van der Waals surface area (Å²) >= 11 is 5.69. The molecule has 7 heteroatoms. The number of hydrogen-bond acceptors (Lipinski definition) is 4. The zero-order valence-corrected chi connectivity index (χ0v) is 11.2. The molecule has 1 heterocycles. The van der Waals surface area contributed by atoms with Gasteiger partial charge in [0.25, 0.3) is 5.91 Å². The molecule has 104 valence electrons.